The lowest BCUT2D eigenvalue weighted by atomic mass is 9.88. The summed E-state index contributed by atoms with van der Waals surface area (Å²) >= 11 is 0. The summed E-state index contributed by atoms with van der Waals surface area (Å²) in [4.78, 5) is 0. The first kappa shape index (κ1) is 14.8. The number of halogens is 7. The monoisotopic (exact) mass is 274 g/mol. The van der Waals surface area contributed by atoms with Crippen molar-refractivity contribution in [2.45, 2.75) is 31.9 Å². The predicted molar refractivity (Wildman–Crippen MR) is 50.8 cm³/mol. The van der Waals surface area contributed by atoms with E-state index in [0.717, 1.165) is 13.0 Å². The van der Waals surface area contributed by atoms with Gasteiger partial charge in [0.05, 0.1) is 0 Å². The molecule has 0 aliphatic carbocycles. The van der Waals surface area contributed by atoms with Crippen LogP contribution in [0.2, 0.25) is 0 Å². The smallest absolute Gasteiger partial charge is 0.218 e. The molecule has 0 radical (unpaired) electrons. The summed E-state index contributed by atoms with van der Waals surface area (Å²) in [5.74, 6) is 0. The molecule has 0 atom stereocenters. The van der Waals surface area contributed by atoms with Crippen molar-refractivity contribution in [3.63, 3.8) is 0 Å². The van der Waals surface area contributed by atoms with Crippen molar-refractivity contribution < 1.29 is 30.7 Å². The Morgan fingerprint density at radius 1 is 0.778 bits per heavy atom. The van der Waals surface area contributed by atoms with Gasteiger partial charge in [0, 0.05) is 5.56 Å². The van der Waals surface area contributed by atoms with Crippen molar-refractivity contribution in [2.24, 2.45) is 0 Å². The van der Waals surface area contributed by atoms with E-state index in [2.05, 4.69) is 0 Å². The van der Waals surface area contributed by atoms with Crippen LogP contribution in [0, 0.1) is 13.8 Å². The molecule has 0 bridgehead atoms. The summed E-state index contributed by atoms with van der Waals surface area (Å²) in [6, 6.07) is 2.78. The van der Waals surface area contributed by atoms with Crippen molar-refractivity contribution in [3.8, 4) is 0 Å². The van der Waals surface area contributed by atoms with Gasteiger partial charge in [-0.25, -0.2) is 4.39 Å². The van der Waals surface area contributed by atoms with E-state index in [9.17, 15) is 30.7 Å². The first-order valence-corrected chi connectivity index (χ1v) is 4.82. The zero-order valence-electron chi connectivity index (χ0n) is 9.38. The Bertz CT molecular complexity index is 428. The molecule has 1 aromatic rings. The zero-order chi connectivity index (χ0) is 14.4. The topological polar surface area (TPSA) is 0 Å². The van der Waals surface area contributed by atoms with Crippen LogP contribution in [-0.2, 0) is 5.67 Å². The normalized spacial score (nSPS) is 13.8. The molecule has 1 rings (SSSR count). The van der Waals surface area contributed by atoms with Crippen LogP contribution in [-0.4, -0.2) is 12.4 Å². The minimum Gasteiger partial charge on any atom is -0.218 e. The van der Waals surface area contributed by atoms with Crippen molar-refractivity contribution in [2.75, 3.05) is 0 Å². The minimum atomic E-state index is -6.07. The van der Waals surface area contributed by atoms with Gasteiger partial charge in [-0.2, -0.15) is 26.3 Å². The third kappa shape index (κ3) is 2.06. The summed E-state index contributed by atoms with van der Waals surface area (Å²) in [7, 11) is 0. The van der Waals surface area contributed by atoms with Gasteiger partial charge in [-0.3, -0.25) is 0 Å². The molecule has 0 heterocycles. The van der Waals surface area contributed by atoms with Crippen LogP contribution in [0.15, 0.2) is 18.2 Å². The van der Waals surface area contributed by atoms with Gasteiger partial charge in [-0.15, -0.1) is 0 Å². The minimum absolute atomic E-state index is 0.156. The highest BCUT2D eigenvalue weighted by molar-refractivity contribution is 5.39. The average Bonchev–Trinajstić information content (AvgIpc) is 2.17. The molecule has 0 aromatic heterocycles. The average molecular weight is 274 g/mol. The van der Waals surface area contributed by atoms with E-state index in [1.54, 1.807) is 0 Å². The summed E-state index contributed by atoms with van der Waals surface area (Å²) in [6.45, 7) is 2.34. The summed E-state index contributed by atoms with van der Waals surface area (Å²) in [5.41, 5.74) is -6.98. The molecule has 7 heteroatoms. The highest BCUT2D eigenvalue weighted by Gasteiger charge is 2.73. The van der Waals surface area contributed by atoms with E-state index in [1.165, 1.54) is 13.0 Å². The third-order valence-corrected chi connectivity index (χ3v) is 2.76. The number of alkyl halides is 7. The molecule has 0 amide bonds. The van der Waals surface area contributed by atoms with Crippen molar-refractivity contribution in [3.05, 3.63) is 34.9 Å². The molecule has 0 nitrogen and oxygen atoms in total. The first-order valence-electron chi connectivity index (χ1n) is 4.82. The van der Waals surface area contributed by atoms with Crippen LogP contribution in [0.1, 0.15) is 16.7 Å². The highest BCUT2D eigenvalue weighted by Crippen LogP contribution is 2.54. The second-order valence-corrected chi connectivity index (χ2v) is 3.90. The Morgan fingerprint density at radius 3 is 1.61 bits per heavy atom. The lowest BCUT2D eigenvalue weighted by Crippen LogP contribution is -2.50. The Labute approximate surface area is 98.4 Å². The van der Waals surface area contributed by atoms with Crippen LogP contribution in [0.25, 0.3) is 0 Å². The molecule has 0 saturated heterocycles. The Hall–Kier alpha value is -1.27. The van der Waals surface area contributed by atoms with Gasteiger partial charge in [0.1, 0.15) is 0 Å². The SMILES string of the molecule is Cc1cccc(C(F)(C(F)(F)F)C(F)(F)F)c1C. The molecule has 0 saturated carbocycles. The van der Waals surface area contributed by atoms with Crippen LogP contribution in [0.3, 0.4) is 0 Å². The van der Waals surface area contributed by atoms with E-state index in [-0.39, 0.29) is 11.1 Å². The van der Waals surface area contributed by atoms with Crippen LogP contribution in [0.4, 0.5) is 30.7 Å². The molecule has 0 aliphatic heterocycles. The van der Waals surface area contributed by atoms with Crippen molar-refractivity contribution in [1.82, 2.24) is 0 Å². The number of hydrogen-bond acceptors (Lipinski definition) is 0. The summed E-state index contributed by atoms with van der Waals surface area (Å²) < 4.78 is 88.7. The lowest BCUT2D eigenvalue weighted by Gasteiger charge is -2.31. The second-order valence-electron chi connectivity index (χ2n) is 3.90. The molecule has 0 fully saturated rings. The summed E-state index contributed by atoms with van der Waals surface area (Å²) in [5, 5.41) is 0. The van der Waals surface area contributed by atoms with Gasteiger partial charge in [-0.1, -0.05) is 18.2 Å². The summed E-state index contributed by atoms with van der Waals surface area (Å²) in [6.07, 6.45) is -12.1. The van der Waals surface area contributed by atoms with Gasteiger partial charge < -0.3 is 0 Å². The van der Waals surface area contributed by atoms with E-state index >= 15 is 0 Å². The molecule has 102 valence electrons. The molecule has 0 spiro atoms. The lowest BCUT2D eigenvalue weighted by molar-refractivity contribution is -0.348. The first-order chi connectivity index (χ1) is 7.93. The second kappa shape index (κ2) is 4.13. The quantitative estimate of drug-likeness (QED) is 0.657. The largest absolute Gasteiger partial charge is 0.435 e. The number of aryl methyl sites for hydroxylation is 1. The Balaban J connectivity index is 3.61. The van der Waals surface area contributed by atoms with E-state index in [0.29, 0.717) is 6.07 Å². The molecule has 0 N–H and O–H groups in total. The Kier molecular flexibility index (Phi) is 3.40. The van der Waals surface area contributed by atoms with Gasteiger partial charge in [-0.05, 0) is 25.0 Å². The van der Waals surface area contributed by atoms with Crippen molar-refractivity contribution in [1.29, 1.82) is 0 Å². The molecule has 0 aliphatic rings. The maximum Gasteiger partial charge on any atom is 0.435 e. The maximum atomic E-state index is 13.7. The van der Waals surface area contributed by atoms with E-state index in [4.69, 9.17) is 0 Å². The zero-order valence-corrected chi connectivity index (χ0v) is 9.38. The number of rotatable bonds is 1. The third-order valence-electron chi connectivity index (χ3n) is 2.76. The molecular weight excluding hydrogens is 265 g/mol. The van der Waals surface area contributed by atoms with Crippen LogP contribution in [0.5, 0.6) is 0 Å². The van der Waals surface area contributed by atoms with Gasteiger partial charge in [0.25, 0.3) is 0 Å². The number of hydrogen-bond donors (Lipinski definition) is 0. The van der Waals surface area contributed by atoms with E-state index < -0.39 is 23.6 Å². The van der Waals surface area contributed by atoms with E-state index in [1.807, 2.05) is 0 Å². The standard InChI is InChI=1S/C11H9F7/c1-6-4-3-5-8(7(6)2)9(12,10(13,14)15)11(16,17)18/h3-5H,1-2H3. The van der Waals surface area contributed by atoms with Gasteiger partial charge >= 0.3 is 18.0 Å². The predicted octanol–water partition coefficient (Wildman–Crippen LogP) is 4.59. The van der Waals surface area contributed by atoms with Crippen molar-refractivity contribution >= 4 is 0 Å². The van der Waals surface area contributed by atoms with Crippen LogP contribution >= 0.6 is 0 Å². The fraction of sp³-hybridized carbons (Fsp3) is 0.455. The molecule has 1 aromatic carbocycles. The fourth-order valence-electron chi connectivity index (χ4n) is 1.59. The Morgan fingerprint density at radius 2 is 1.22 bits per heavy atom. The number of benzene rings is 1. The fourth-order valence-corrected chi connectivity index (χ4v) is 1.59. The molecular formula is C11H9F7. The van der Waals surface area contributed by atoms with Gasteiger partial charge in [0.15, 0.2) is 0 Å². The van der Waals surface area contributed by atoms with Crippen LogP contribution < -0.4 is 0 Å². The highest BCUT2D eigenvalue weighted by atomic mass is 19.4. The van der Waals surface area contributed by atoms with Gasteiger partial charge in [0.2, 0.25) is 0 Å². The molecule has 18 heavy (non-hydrogen) atoms. The maximum absolute atomic E-state index is 13.7. The molecule has 0 unspecified atom stereocenters.